The minimum absolute atomic E-state index is 0. The lowest BCUT2D eigenvalue weighted by atomic mass is 9.90. The molecule has 0 aromatic heterocycles. The molecular formula is C12H32Cl3N3O2. The zero-order valence-corrected chi connectivity index (χ0v) is 14.9. The Balaban J connectivity index is -0.000000256. The molecule has 5 nitrogen and oxygen atoms in total. The predicted molar refractivity (Wildman–Crippen MR) is 93.1 cm³/mol. The van der Waals surface area contributed by atoms with Gasteiger partial charge in [0.15, 0.2) is 0 Å². The molecule has 0 aromatic carbocycles. The summed E-state index contributed by atoms with van der Waals surface area (Å²) in [6, 6.07) is 0.792. The number of likely N-dealkylation sites (N-methyl/N-ethyl adjacent to an activating group) is 1. The summed E-state index contributed by atoms with van der Waals surface area (Å²) in [4.78, 5) is 5.13. The second kappa shape index (κ2) is 14.6. The largest absolute Gasteiger partial charge is 0.412 e. The number of rotatable bonds is 2. The van der Waals surface area contributed by atoms with Crippen molar-refractivity contribution in [3.63, 3.8) is 0 Å². The van der Waals surface area contributed by atoms with Crippen molar-refractivity contribution < 1.29 is 11.0 Å². The minimum Gasteiger partial charge on any atom is -0.412 e. The SMILES string of the molecule is CC(C1CCNCC1)N1CCN(C)CC1.Cl.Cl.Cl.O.O. The molecular weight excluding hydrogens is 325 g/mol. The Morgan fingerprint density at radius 1 is 0.900 bits per heavy atom. The molecule has 0 spiro atoms. The average molecular weight is 357 g/mol. The number of halogens is 3. The normalized spacial score (nSPS) is 21.9. The highest BCUT2D eigenvalue weighted by atomic mass is 35.5. The van der Waals surface area contributed by atoms with Gasteiger partial charge in [0, 0.05) is 32.2 Å². The van der Waals surface area contributed by atoms with Gasteiger partial charge in [0.2, 0.25) is 0 Å². The van der Waals surface area contributed by atoms with Crippen molar-refractivity contribution in [3.05, 3.63) is 0 Å². The molecule has 5 N–H and O–H groups in total. The minimum atomic E-state index is 0. The first-order chi connectivity index (χ1) is 7.27. The van der Waals surface area contributed by atoms with Gasteiger partial charge in [-0.1, -0.05) is 0 Å². The Kier molecular flexibility index (Phi) is 21.0. The molecule has 0 aromatic rings. The van der Waals surface area contributed by atoms with Crippen molar-refractivity contribution in [2.24, 2.45) is 5.92 Å². The predicted octanol–water partition coefficient (Wildman–Crippen LogP) is 0.238. The van der Waals surface area contributed by atoms with Gasteiger partial charge in [-0.05, 0) is 45.8 Å². The van der Waals surface area contributed by atoms with Gasteiger partial charge in [-0.25, -0.2) is 0 Å². The van der Waals surface area contributed by atoms with Crippen LogP contribution in [0.1, 0.15) is 19.8 Å². The molecule has 0 radical (unpaired) electrons. The van der Waals surface area contributed by atoms with Crippen LogP contribution in [0.3, 0.4) is 0 Å². The Labute approximate surface area is 141 Å². The molecule has 2 aliphatic heterocycles. The summed E-state index contributed by atoms with van der Waals surface area (Å²) < 4.78 is 0. The van der Waals surface area contributed by atoms with Gasteiger partial charge < -0.3 is 21.2 Å². The number of nitrogens with one attached hydrogen (secondary N) is 1. The molecule has 2 saturated heterocycles. The van der Waals surface area contributed by atoms with Crippen LogP contribution < -0.4 is 5.32 Å². The first-order valence-corrected chi connectivity index (χ1v) is 6.40. The summed E-state index contributed by atoms with van der Waals surface area (Å²) in [5.74, 6) is 0.926. The van der Waals surface area contributed by atoms with Gasteiger partial charge in [0.25, 0.3) is 0 Å². The fraction of sp³-hybridized carbons (Fsp3) is 1.00. The molecule has 2 fully saturated rings. The van der Waals surface area contributed by atoms with E-state index in [0.717, 1.165) is 12.0 Å². The molecule has 0 bridgehead atoms. The van der Waals surface area contributed by atoms with Crippen LogP contribution in [0.4, 0.5) is 0 Å². The van der Waals surface area contributed by atoms with Crippen LogP contribution in [-0.2, 0) is 0 Å². The van der Waals surface area contributed by atoms with Gasteiger partial charge in [-0.3, -0.25) is 4.90 Å². The number of piperazine rings is 1. The molecule has 8 heteroatoms. The number of hydrogen-bond acceptors (Lipinski definition) is 3. The Morgan fingerprint density at radius 2 is 1.35 bits per heavy atom. The Bertz CT molecular complexity index is 202. The van der Waals surface area contributed by atoms with Crippen LogP contribution in [0, 0.1) is 5.92 Å². The van der Waals surface area contributed by atoms with Crippen molar-refractivity contribution in [2.45, 2.75) is 25.8 Å². The van der Waals surface area contributed by atoms with Gasteiger partial charge in [-0.15, -0.1) is 37.2 Å². The lowest BCUT2D eigenvalue weighted by Crippen LogP contribution is -2.51. The molecule has 2 aliphatic rings. The first-order valence-electron chi connectivity index (χ1n) is 6.40. The van der Waals surface area contributed by atoms with E-state index in [1.54, 1.807) is 0 Å². The Morgan fingerprint density at radius 3 is 1.80 bits per heavy atom. The van der Waals surface area contributed by atoms with Gasteiger partial charge >= 0.3 is 0 Å². The third-order valence-corrected chi connectivity index (χ3v) is 4.18. The summed E-state index contributed by atoms with van der Waals surface area (Å²) in [6.07, 6.45) is 2.74. The van der Waals surface area contributed by atoms with E-state index in [9.17, 15) is 0 Å². The van der Waals surface area contributed by atoms with Crippen molar-refractivity contribution in [1.29, 1.82) is 0 Å². The number of hydrogen-bond donors (Lipinski definition) is 1. The lowest BCUT2D eigenvalue weighted by molar-refractivity contribution is 0.0793. The van der Waals surface area contributed by atoms with Crippen LogP contribution in [0.15, 0.2) is 0 Å². The standard InChI is InChI=1S/C12H25N3.3ClH.2H2O/c1-11(12-3-5-13-6-4-12)15-9-7-14(2)8-10-15;;;;;/h11-13H,3-10H2,1-2H3;3*1H;2*1H2. The second-order valence-corrected chi connectivity index (χ2v) is 5.17. The molecule has 0 aliphatic carbocycles. The zero-order valence-electron chi connectivity index (χ0n) is 12.4. The van der Waals surface area contributed by atoms with E-state index in [4.69, 9.17) is 0 Å². The molecule has 128 valence electrons. The Hall–Kier alpha value is 0.670. The van der Waals surface area contributed by atoms with Crippen molar-refractivity contribution in [3.8, 4) is 0 Å². The number of piperidine rings is 1. The van der Waals surface area contributed by atoms with E-state index in [1.165, 1.54) is 52.1 Å². The van der Waals surface area contributed by atoms with Crippen molar-refractivity contribution in [1.82, 2.24) is 15.1 Å². The second-order valence-electron chi connectivity index (χ2n) is 5.17. The van der Waals surface area contributed by atoms with Crippen molar-refractivity contribution >= 4 is 37.2 Å². The van der Waals surface area contributed by atoms with Crippen LogP contribution in [-0.4, -0.2) is 73.1 Å². The van der Waals surface area contributed by atoms with Gasteiger partial charge in [0.05, 0.1) is 0 Å². The topological polar surface area (TPSA) is 81.5 Å². The van der Waals surface area contributed by atoms with E-state index >= 15 is 0 Å². The summed E-state index contributed by atoms with van der Waals surface area (Å²) in [5.41, 5.74) is 0. The molecule has 1 atom stereocenters. The molecule has 0 saturated carbocycles. The van der Waals surface area contributed by atoms with E-state index in [-0.39, 0.29) is 48.2 Å². The summed E-state index contributed by atoms with van der Waals surface area (Å²) in [7, 11) is 2.23. The first kappa shape index (κ1) is 28.8. The maximum atomic E-state index is 3.45. The van der Waals surface area contributed by atoms with E-state index in [1.807, 2.05) is 0 Å². The van der Waals surface area contributed by atoms with Crippen molar-refractivity contribution in [2.75, 3.05) is 46.3 Å². The summed E-state index contributed by atoms with van der Waals surface area (Å²) in [5, 5.41) is 3.45. The smallest absolute Gasteiger partial charge is 0.0113 e. The molecule has 2 heterocycles. The van der Waals surface area contributed by atoms with Gasteiger partial charge in [0.1, 0.15) is 0 Å². The summed E-state index contributed by atoms with van der Waals surface area (Å²) in [6.45, 7) is 9.90. The molecule has 1 unspecified atom stereocenters. The highest BCUT2D eigenvalue weighted by Crippen LogP contribution is 2.21. The monoisotopic (exact) mass is 355 g/mol. The zero-order chi connectivity index (χ0) is 10.7. The fourth-order valence-electron chi connectivity index (χ4n) is 2.85. The third-order valence-electron chi connectivity index (χ3n) is 4.18. The van der Waals surface area contributed by atoms with E-state index in [0.29, 0.717) is 0 Å². The maximum Gasteiger partial charge on any atom is 0.0113 e. The highest BCUT2D eigenvalue weighted by molar-refractivity contribution is 5.86. The average Bonchev–Trinajstić information content (AvgIpc) is 2.30. The molecule has 2 rings (SSSR count). The molecule has 20 heavy (non-hydrogen) atoms. The highest BCUT2D eigenvalue weighted by Gasteiger charge is 2.26. The van der Waals surface area contributed by atoms with Crippen LogP contribution >= 0.6 is 37.2 Å². The fourth-order valence-corrected chi connectivity index (χ4v) is 2.85. The summed E-state index contributed by atoms with van der Waals surface area (Å²) >= 11 is 0. The van der Waals surface area contributed by atoms with Crippen LogP contribution in [0.25, 0.3) is 0 Å². The van der Waals surface area contributed by atoms with Crippen LogP contribution in [0.2, 0.25) is 0 Å². The quantitative estimate of drug-likeness (QED) is 0.769. The lowest BCUT2D eigenvalue weighted by Gasteiger charge is -2.41. The number of nitrogens with zero attached hydrogens (tertiary/aromatic N) is 2. The third kappa shape index (κ3) is 8.20. The van der Waals surface area contributed by atoms with Gasteiger partial charge in [-0.2, -0.15) is 0 Å². The molecule has 0 amide bonds. The van der Waals surface area contributed by atoms with Crippen LogP contribution in [0.5, 0.6) is 0 Å². The van der Waals surface area contributed by atoms with E-state index < -0.39 is 0 Å². The van der Waals surface area contributed by atoms with E-state index in [2.05, 4.69) is 29.1 Å². The maximum absolute atomic E-state index is 3.45.